The van der Waals surface area contributed by atoms with Gasteiger partial charge in [0.1, 0.15) is 11.2 Å². The van der Waals surface area contributed by atoms with Gasteiger partial charge in [0.2, 0.25) is 5.91 Å². The molecule has 2 aliphatic rings. The van der Waals surface area contributed by atoms with E-state index in [2.05, 4.69) is 0 Å². The molecule has 0 radical (unpaired) electrons. The van der Waals surface area contributed by atoms with Crippen LogP contribution in [0.15, 0.2) is 72.8 Å². The Kier molecular flexibility index (Phi) is 4.97. The van der Waals surface area contributed by atoms with Crippen LogP contribution < -0.4 is 9.96 Å². The predicted molar refractivity (Wildman–Crippen MR) is 120 cm³/mol. The molecule has 2 amide bonds. The molecule has 2 fully saturated rings. The van der Waals surface area contributed by atoms with Gasteiger partial charge in [-0.3, -0.25) is 14.4 Å². The first-order valence-corrected chi connectivity index (χ1v) is 10.7. The lowest BCUT2D eigenvalue weighted by atomic mass is 9.76. The number of carbonyl (C=O) groups excluding carboxylic acids is 2. The minimum Gasteiger partial charge on any atom is -0.273 e. The highest BCUT2D eigenvalue weighted by Gasteiger charge is 2.68. The Bertz CT molecular complexity index is 1220. The Hall–Kier alpha value is -2.93. The zero-order valence-electron chi connectivity index (χ0n) is 16.8. The molecule has 2 aliphatic heterocycles. The Morgan fingerprint density at radius 1 is 0.906 bits per heavy atom. The van der Waals surface area contributed by atoms with Crippen LogP contribution in [-0.4, -0.2) is 17.9 Å². The van der Waals surface area contributed by atoms with Gasteiger partial charge in [0, 0.05) is 0 Å². The number of nitrogens with zero attached hydrogens (tertiary/aromatic N) is 2. The number of hydrogen-bond donors (Lipinski definition) is 0. The van der Waals surface area contributed by atoms with E-state index in [1.165, 1.54) is 24.3 Å². The predicted octanol–water partition coefficient (Wildman–Crippen LogP) is 5.57. The second-order valence-corrected chi connectivity index (χ2v) is 8.78. The van der Waals surface area contributed by atoms with Crippen LogP contribution >= 0.6 is 23.2 Å². The van der Waals surface area contributed by atoms with E-state index in [-0.39, 0.29) is 5.02 Å². The van der Waals surface area contributed by atoms with E-state index >= 15 is 0 Å². The SMILES string of the molecule is CC12C(=O)N(c3ccc(Cl)c(Cl)c3)C(=O)C1ON(c1ccccc1)C2c1ccc(F)cc1. The third-order valence-electron chi connectivity index (χ3n) is 6.03. The number of carbonyl (C=O) groups is 2. The summed E-state index contributed by atoms with van der Waals surface area (Å²) in [5, 5.41) is 2.12. The van der Waals surface area contributed by atoms with Gasteiger partial charge in [-0.05, 0) is 55.0 Å². The number of hydrogen-bond acceptors (Lipinski definition) is 4. The van der Waals surface area contributed by atoms with Gasteiger partial charge in [0.15, 0.2) is 6.10 Å². The zero-order valence-corrected chi connectivity index (χ0v) is 18.3. The van der Waals surface area contributed by atoms with E-state index in [1.807, 2.05) is 30.3 Å². The van der Waals surface area contributed by atoms with Crippen LogP contribution in [0.25, 0.3) is 0 Å². The molecule has 2 saturated heterocycles. The van der Waals surface area contributed by atoms with Gasteiger partial charge in [-0.2, -0.15) is 0 Å². The fourth-order valence-electron chi connectivity index (χ4n) is 4.44. The maximum Gasteiger partial charge on any atom is 0.266 e. The molecule has 5 nitrogen and oxygen atoms in total. The molecule has 3 atom stereocenters. The van der Waals surface area contributed by atoms with Gasteiger partial charge in [-0.25, -0.2) is 14.4 Å². The quantitative estimate of drug-likeness (QED) is 0.469. The van der Waals surface area contributed by atoms with Crippen LogP contribution in [0.2, 0.25) is 10.0 Å². The molecule has 2 heterocycles. The van der Waals surface area contributed by atoms with E-state index in [0.717, 1.165) is 4.90 Å². The molecule has 3 unspecified atom stereocenters. The second-order valence-electron chi connectivity index (χ2n) is 7.96. The lowest BCUT2D eigenvalue weighted by molar-refractivity contribution is -0.128. The van der Waals surface area contributed by atoms with Gasteiger partial charge in [-0.1, -0.05) is 53.5 Å². The Labute approximate surface area is 193 Å². The van der Waals surface area contributed by atoms with Crippen molar-refractivity contribution in [1.82, 2.24) is 0 Å². The largest absolute Gasteiger partial charge is 0.273 e. The summed E-state index contributed by atoms with van der Waals surface area (Å²) in [5.41, 5.74) is 0.380. The van der Waals surface area contributed by atoms with E-state index < -0.39 is 35.2 Å². The highest BCUT2D eigenvalue weighted by atomic mass is 35.5. The molecule has 32 heavy (non-hydrogen) atoms. The zero-order chi connectivity index (χ0) is 22.6. The van der Waals surface area contributed by atoms with Crippen LogP contribution in [-0.2, 0) is 14.4 Å². The normalized spacial score (nSPS) is 24.9. The number of rotatable bonds is 3. The van der Waals surface area contributed by atoms with Gasteiger partial charge >= 0.3 is 0 Å². The summed E-state index contributed by atoms with van der Waals surface area (Å²) in [6.45, 7) is 1.70. The smallest absolute Gasteiger partial charge is 0.266 e. The molecule has 162 valence electrons. The number of halogens is 3. The Balaban J connectivity index is 1.64. The molecule has 0 bridgehead atoms. The van der Waals surface area contributed by atoms with Crippen LogP contribution in [0, 0.1) is 11.2 Å². The van der Waals surface area contributed by atoms with Crippen LogP contribution in [0.3, 0.4) is 0 Å². The molecule has 0 spiro atoms. The lowest BCUT2D eigenvalue weighted by Crippen LogP contribution is -2.41. The molecule has 0 saturated carbocycles. The van der Waals surface area contributed by atoms with E-state index in [4.69, 9.17) is 28.0 Å². The number of anilines is 2. The summed E-state index contributed by atoms with van der Waals surface area (Å²) in [6.07, 6.45) is -1.07. The molecular weight excluding hydrogens is 454 g/mol. The highest BCUT2D eigenvalue weighted by Crippen LogP contribution is 2.55. The van der Waals surface area contributed by atoms with Crippen molar-refractivity contribution in [3.05, 3.63) is 94.2 Å². The highest BCUT2D eigenvalue weighted by molar-refractivity contribution is 6.42. The average molecular weight is 471 g/mol. The number of para-hydroxylation sites is 1. The van der Waals surface area contributed by atoms with Crippen molar-refractivity contribution in [3.63, 3.8) is 0 Å². The number of fused-ring (bicyclic) bond motifs is 1. The third-order valence-corrected chi connectivity index (χ3v) is 6.77. The van der Waals surface area contributed by atoms with E-state index in [9.17, 15) is 14.0 Å². The first-order chi connectivity index (χ1) is 15.3. The minimum absolute atomic E-state index is 0.230. The van der Waals surface area contributed by atoms with Crippen molar-refractivity contribution in [2.45, 2.75) is 19.1 Å². The van der Waals surface area contributed by atoms with Gasteiger partial charge in [0.25, 0.3) is 5.91 Å². The van der Waals surface area contributed by atoms with Crippen LogP contribution in [0.4, 0.5) is 15.8 Å². The Morgan fingerprint density at radius 2 is 1.59 bits per heavy atom. The molecule has 0 aromatic heterocycles. The second kappa shape index (κ2) is 7.59. The molecular formula is C24H17Cl2FN2O3. The molecule has 0 N–H and O–H groups in total. The van der Waals surface area contributed by atoms with Crippen molar-refractivity contribution < 1.29 is 18.8 Å². The third kappa shape index (κ3) is 3.02. The molecule has 5 rings (SSSR count). The number of amides is 2. The molecule has 0 aliphatic carbocycles. The summed E-state index contributed by atoms with van der Waals surface area (Å²) in [4.78, 5) is 34.4. The number of benzene rings is 3. The summed E-state index contributed by atoms with van der Waals surface area (Å²) >= 11 is 12.1. The van der Waals surface area contributed by atoms with Crippen molar-refractivity contribution in [2.75, 3.05) is 9.96 Å². The topological polar surface area (TPSA) is 49.9 Å². The number of imide groups is 1. The van der Waals surface area contributed by atoms with Crippen molar-refractivity contribution in [1.29, 1.82) is 0 Å². The first kappa shape index (κ1) is 20.9. The lowest BCUT2D eigenvalue weighted by Gasteiger charge is -2.32. The standard InChI is InChI=1S/C24H17Cl2FN2O3/c1-24-20(14-7-9-15(27)10-8-14)29(16-5-3-2-4-6-16)32-21(24)22(30)28(23(24)31)17-11-12-18(25)19(26)13-17/h2-13,20-21H,1H3. The summed E-state index contributed by atoms with van der Waals surface area (Å²) < 4.78 is 13.7. The maximum absolute atomic E-state index is 13.8. The Morgan fingerprint density at radius 3 is 2.25 bits per heavy atom. The van der Waals surface area contributed by atoms with Crippen LogP contribution in [0.1, 0.15) is 18.5 Å². The summed E-state index contributed by atoms with van der Waals surface area (Å²) in [5.74, 6) is -1.33. The molecule has 3 aromatic rings. The van der Waals surface area contributed by atoms with Gasteiger partial charge in [-0.15, -0.1) is 0 Å². The van der Waals surface area contributed by atoms with Crippen molar-refractivity contribution in [2.24, 2.45) is 5.41 Å². The average Bonchev–Trinajstić information content (AvgIpc) is 3.20. The first-order valence-electron chi connectivity index (χ1n) is 9.92. The van der Waals surface area contributed by atoms with E-state index in [1.54, 1.807) is 30.2 Å². The fraction of sp³-hybridized carbons (Fsp3) is 0.167. The van der Waals surface area contributed by atoms with Crippen LogP contribution in [0.5, 0.6) is 0 Å². The van der Waals surface area contributed by atoms with Crippen molar-refractivity contribution in [3.8, 4) is 0 Å². The minimum atomic E-state index is -1.27. The molecule has 8 heteroatoms. The van der Waals surface area contributed by atoms with E-state index in [0.29, 0.717) is 22.0 Å². The van der Waals surface area contributed by atoms with Crippen molar-refractivity contribution >= 4 is 46.4 Å². The maximum atomic E-state index is 13.8. The fourth-order valence-corrected chi connectivity index (χ4v) is 4.73. The molecule has 3 aromatic carbocycles. The van der Waals surface area contributed by atoms with Gasteiger partial charge < -0.3 is 0 Å². The summed E-state index contributed by atoms with van der Waals surface area (Å²) in [6, 6.07) is 19.0. The summed E-state index contributed by atoms with van der Waals surface area (Å²) in [7, 11) is 0. The monoisotopic (exact) mass is 470 g/mol. The van der Waals surface area contributed by atoms with Gasteiger partial charge in [0.05, 0.1) is 27.5 Å². The number of hydroxylamine groups is 1.